The second-order valence-electron chi connectivity index (χ2n) is 13.0. The van der Waals surface area contributed by atoms with Crippen LogP contribution in [0.15, 0.2) is 133 Å². The van der Waals surface area contributed by atoms with E-state index in [1.165, 1.54) is 0 Å². The van der Waals surface area contributed by atoms with Crippen LogP contribution in [-0.4, -0.2) is 74.1 Å². The molecule has 1 aliphatic heterocycles. The number of carbonyl (C=O) groups excluding carboxylic acids is 4. The van der Waals surface area contributed by atoms with E-state index in [0.29, 0.717) is 50.3 Å². The summed E-state index contributed by atoms with van der Waals surface area (Å²) in [6.07, 6.45) is 0.601. The Bertz CT molecular complexity index is 1970. The van der Waals surface area contributed by atoms with Crippen molar-refractivity contribution in [3.63, 3.8) is 0 Å². The molecule has 0 atom stereocenters. The zero-order valence-electron chi connectivity index (χ0n) is 29.9. The number of hydrogen-bond donors (Lipinski definition) is 4. The summed E-state index contributed by atoms with van der Waals surface area (Å²) < 4.78 is 6.30. The van der Waals surface area contributed by atoms with E-state index >= 15 is 0 Å². The molecule has 1 fully saturated rings. The smallest absolute Gasteiger partial charge is 0.419 e. The molecule has 0 unspecified atom stereocenters. The minimum atomic E-state index is -0.557. The van der Waals surface area contributed by atoms with Crippen molar-refractivity contribution in [2.75, 3.05) is 49.5 Å². The maximum atomic E-state index is 14.4. The third kappa shape index (κ3) is 9.97. The van der Waals surface area contributed by atoms with Gasteiger partial charge in [-0.15, -0.1) is 0 Å². The Kier molecular flexibility index (Phi) is 12.8. The number of piperidine rings is 1. The summed E-state index contributed by atoms with van der Waals surface area (Å²) in [6, 6.07) is 42.5. The number of benzene rings is 5. The summed E-state index contributed by atoms with van der Waals surface area (Å²) in [5, 5.41) is 8.31. The normalized spacial score (nSPS) is 13.1. The van der Waals surface area contributed by atoms with Crippen molar-refractivity contribution in [3.8, 4) is 22.3 Å². The van der Waals surface area contributed by atoms with Crippen LogP contribution >= 0.6 is 0 Å². The Hall–Kier alpha value is -6.30. The predicted octanol–water partition coefficient (Wildman–Crippen LogP) is 6.20. The van der Waals surface area contributed by atoms with E-state index in [9.17, 15) is 19.2 Å². The van der Waals surface area contributed by atoms with Crippen molar-refractivity contribution in [1.82, 2.24) is 15.5 Å². The average Bonchev–Trinajstić information content (AvgIpc) is 3.19. The van der Waals surface area contributed by atoms with Crippen molar-refractivity contribution in [1.29, 1.82) is 0 Å². The number of nitrogens with one attached hydrogen (secondary N) is 3. The third-order valence-electron chi connectivity index (χ3n) is 9.15. The molecule has 11 nitrogen and oxygen atoms in total. The lowest BCUT2D eigenvalue weighted by Crippen LogP contribution is -2.43. The highest BCUT2D eigenvalue weighted by Gasteiger charge is 2.29. The topological polar surface area (TPSA) is 146 Å². The number of amides is 4. The van der Waals surface area contributed by atoms with Crippen molar-refractivity contribution < 1.29 is 23.9 Å². The predicted molar refractivity (Wildman–Crippen MR) is 211 cm³/mol. The number of rotatable bonds is 14. The Morgan fingerprint density at radius 2 is 1.28 bits per heavy atom. The molecular weight excluding hydrogens is 681 g/mol. The highest BCUT2D eigenvalue weighted by Crippen LogP contribution is 2.40. The van der Waals surface area contributed by atoms with E-state index in [2.05, 4.69) is 20.9 Å². The first-order valence-electron chi connectivity index (χ1n) is 18.0. The van der Waals surface area contributed by atoms with Gasteiger partial charge < -0.3 is 26.0 Å². The van der Waals surface area contributed by atoms with Crippen LogP contribution in [0.3, 0.4) is 0 Å². The van der Waals surface area contributed by atoms with Gasteiger partial charge in [-0.2, -0.15) is 0 Å². The number of ether oxygens (including phenoxy) is 1. The first-order chi connectivity index (χ1) is 26.4. The van der Waals surface area contributed by atoms with Crippen molar-refractivity contribution in [2.24, 2.45) is 5.73 Å². The summed E-state index contributed by atoms with van der Waals surface area (Å²) in [7, 11) is 0. The summed E-state index contributed by atoms with van der Waals surface area (Å²) in [5.74, 6) is -1.17. The fraction of sp³-hybridized carbons (Fsp3) is 0.209. The Morgan fingerprint density at radius 3 is 1.87 bits per heavy atom. The lowest BCUT2D eigenvalue weighted by atomic mass is 10.00. The van der Waals surface area contributed by atoms with Crippen LogP contribution in [0.4, 0.5) is 21.9 Å². The van der Waals surface area contributed by atoms with Gasteiger partial charge >= 0.3 is 6.09 Å². The van der Waals surface area contributed by atoms with Gasteiger partial charge in [0.1, 0.15) is 6.10 Å². The lowest BCUT2D eigenvalue weighted by Gasteiger charge is -2.33. The molecule has 276 valence electrons. The Balaban J connectivity index is 1.07. The van der Waals surface area contributed by atoms with Gasteiger partial charge in [-0.1, -0.05) is 103 Å². The van der Waals surface area contributed by atoms with Gasteiger partial charge in [0.15, 0.2) is 0 Å². The van der Waals surface area contributed by atoms with Crippen molar-refractivity contribution in [3.05, 3.63) is 139 Å². The number of hydrogen-bond acceptors (Lipinski definition) is 7. The van der Waals surface area contributed by atoms with Gasteiger partial charge in [-0.05, 0) is 54.3 Å². The Labute approximate surface area is 315 Å². The largest absolute Gasteiger partial charge is 0.445 e. The maximum absolute atomic E-state index is 14.4. The highest BCUT2D eigenvalue weighted by atomic mass is 16.6. The number of primary amides is 1. The van der Waals surface area contributed by atoms with Crippen LogP contribution in [0.5, 0.6) is 0 Å². The van der Waals surface area contributed by atoms with Crippen molar-refractivity contribution in [2.45, 2.75) is 18.9 Å². The SMILES string of the molecule is NC(=O)CNCC(=O)Nc1cccc(C(=O)NCCN2CCC(OC(=O)N(c3ccccc3-c3ccccc3)c3ccccc3-c3ccccc3)CC2)c1. The van der Waals surface area contributed by atoms with Crippen LogP contribution in [0.2, 0.25) is 0 Å². The monoisotopic (exact) mass is 724 g/mol. The van der Waals surface area contributed by atoms with Crippen molar-refractivity contribution >= 4 is 40.9 Å². The molecule has 0 spiro atoms. The van der Waals surface area contributed by atoms with E-state index in [0.717, 1.165) is 33.6 Å². The first kappa shape index (κ1) is 37.5. The molecule has 0 bridgehead atoms. The fourth-order valence-electron chi connectivity index (χ4n) is 6.51. The van der Waals surface area contributed by atoms with Gasteiger partial charge in [-0.3, -0.25) is 19.7 Å². The van der Waals surface area contributed by atoms with Crippen LogP contribution < -0.4 is 26.6 Å². The van der Waals surface area contributed by atoms with E-state index < -0.39 is 12.0 Å². The number of para-hydroxylation sites is 2. The molecule has 4 amide bonds. The maximum Gasteiger partial charge on any atom is 0.419 e. The zero-order valence-corrected chi connectivity index (χ0v) is 29.9. The molecule has 5 N–H and O–H groups in total. The van der Waals surface area contributed by atoms with E-state index in [1.807, 2.05) is 109 Å². The minimum absolute atomic E-state index is 0.0854. The molecule has 54 heavy (non-hydrogen) atoms. The van der Waals surface area contributed by atoms with Crippen LogP contribution in [-0.2, 0) is 14.3 Å². The molecule has 1 saturated heterocycles. The molecular formula is C43H44N6O5. The van der Waals surface area contributed by atoms with Gasteiger partial charge in [0.2, 0.25) is 11.8 Å². The number of nitrogens with two attached hydrogens (primary N) is 1. The molecule has 6 rings (SSSR count). The summed E-state index contributed by atoms with van der Waals surface area (Å²) in [5.41, 5.74) is 11.2. The van der Waals surface area contributed by atoms with Gasteiger partial charge in [0.25, 0.3) is 5.91 Å². The van der Waals surface area contributed by atoms with Crippen LogP contribution in [0, 0.1) is 0 Å². The molecule has 5 aromatic rings. The van der Waals surface area contributed by atoms with E-state index in [-0.39, 0.29) is 31.0 Å². The standard InChI is InChI=1S/C43H44N6O5/c44-40(50)29-45-30-41(51)47-34-17-11-16-33(28-34)42(52)46-24-27-48-25-22-35(23-26-48)54-43(53)49(38-20-9-7-18-36(38)31-12-3-1-4-13-31)39-21-10-8-19-37(39)32-14-5-2-6-15-32/h1-21,28,35,45H,22-27,29-30H2,(H2,44,50)(H,46,52)(H,47,51). The second-order valence-corrected chi connectivity index (χ2v) is 13.0. The number of likely N-dealkylation sites (tertiary alicyclic amines) is 1. The molecule has 0 aromatic heterocycles. The fourth-order valence-corrected chi connectivity index (χ4v) is 6.51. The lowest BCUT2D eigenvalue weighted by molar-refractivity contribution is -0.117. The van der Waals surface area contributed by atoms with Crippen LogP contribution in [0.1, 0.15) is 23.2 Å². The molecule has 1 aliphatic rings. The molecule has 0 radical (unpaired) electrons. The Morgan fingerprint density at radius 1 is 0.704 bits per heavy atom. The second kappa shape index (κ2) is 18.5. The molecule has 0 saturated carbocycles. The molecule has 1 heterocycles. The quantitative estimate of drug-likeness (QED) is 0.107. The molecule has 0 aliphatic carbocycles. The van der Waals surface area contributed by atoms with Crippen LogP contribution in [0.25, 0.3) is 22.3 Å². The van der Waals surface area contributed by atoms with E-state index in [4.69, 9.17) is 10.5 Å². The number of nitrogens with zero attached hydrogens (tertiary/aromatic N) is 2. The summed E-state index contributed by atoms with van der Waals surface area (Å²) in [4.78, 5) is 54.3. The number of carbonyl (C=O) groups is 4. The average molecular weight is 725 g/mol. The van der Waals surface area contributed by atoms with Gasteiger partial charge in [0, 0.05) is 48.6 Å². The summed E-state index contributed by atoms with van der Waals surface area (Å²) in [6.45, 7) is 2.29. The highest BCUT2D eigenvalue weighted by molar-refractivity contribution is 6.04. The first-order valence-corrected chi connectivity index (χ1v) is 18.0. The number of anilines is 3. The summed E-state index contributed by atoms with van der Waals surface area (Å²) >= 11 is 0. The third-order valence-corrected chi connectivity index (χ3v) is 9.15. The molecule has 5 aromatic carbocycles. The minimum Gasteiger partial charge on any atom is -0.445 e. The van der Waals surface area contributed by atoms with Gasteiger partial charge in [-0.25, -0.2) is 9.69 Å². The van der Waals surface area contributed by atoms with E-state index in [1.54, 1.807) is 29.2 Å². The van der Waals surface area contributed by atoms with Gasteiger partial charge in [0.05, 0.1) is 24.5 Å². The zero-order chi connectivity index (χ0) is 37.7. The molecule has 11 heteroatoms.